The Balaban J connectivity index is 0.948. The van der Waals surface area contributed by atoms with Crippen molar-refractivity contribution >= 4 is 87.5 Å². The fraction of sp³-hybridized carbons (Fsp3) is 0. The Kier molecular flexibility index (Phi) is 6.41. The average Bonchev–Trinajstić information content (AvgIpc) is 4.03. The van der Waals surface area contributed by atoms with Crippen LogP contribution in [0.4, 0.5) is 0 Å². The molecule has 9 aromatic carbocycles. The molecule has 0 fully saturated rings. The summed E-state index contributed by atoms with van der Waals surface area (Å²) >= 11 is 0. The molecule has 0 aliphatic rings. The molecule has 4 heteroatoms. The van der Waals surface area contributed by atoms with Gasteiger partial charge in [-0.3, -0.25) is 0 Å². The number of hydrogen-bond acceptors (Lipinski definition) is 2. The van der Waals surface area contributed by atoms with Crippen molar-refractivity contribution in [3.63, 3.8) is 0 Å². The first-order valence-electron chi connectivity index (χ1n) is 19.7. The van der Waals surface area contributed by atoms with Gasteiger partial charge in [-0.05, 0) is 95.6 Å². The number of para-hydroxylation sites is 5. The summed E-state index contributed by atoms with van der Waals surface area (Å²) in [6.45, 7) is 0. The summed E-state index contributed by atoms with van der Waals surface area (Å²) in [5, 5.41) is 9.25. The summed E-state index contributed by atoms with van der Waals surface area (Å²) in [6.07, 6.45) is 0. The predicted octanol–water partition coefficient (Wildman–Crippen LogP) is 15.0. The SMILES string of the molecule is c1ccc(-n2c3ccccc3c3cc(-c4ccc5oc6cc7oc8c(-c9ccc%10c(c9)c9ccccc9n%10-c9ccccc9)cccc8c7cc6c5c4)ccc32)cc1. The van der Waals surface area contributed by atoms with Crippen LogP contribution in [-0.4, -0.2) is 9.13 Å². The van der Waals surface area contributed by atoms with E-state index in [0.29, 0.717) is 0 Å². The van der Waals surface area contributed by atoms with Gasteiger partial charge < -0.3 is 18.0 Å². The van der Waals surface area contributed by atoms with Crippen LogP contribution in [-0.2, 0) is 0 Å². The molecule has 0 saturated heterocycles. The Bertz CT molecular complexity index is 3780. The second-order valence-electron chi connectivity index (χ2n) is 15.3. The molecule has 4 nitrogen and oxygen atoms in total. The lowest BCUT2D eigenvalue weighted by molar-refractivity contribution is 0.656. The molecule has 4 aromatic heterocycles. The van der Waals surface area contributed by atoms with E-state index in [1.54, 1.807) is 0 Å². The molecule has 4 heterocycles. The number of benzene rings is 9. The minimum absolute atomic E-state index is 0.816. The molecule has 0 unspecified atom stereocenters. The summed E-state index contributed by atoms with van der Waals surface area (Å²) in [6, 6.07) is 69.5. The molecule has 0 aliphatic carbocycles. The summed E-state index contributed by atoms with van der Waals surface area (Å²) in [5.74, 6) is 0. The van der Waals surface area contributed by atoms with E-state index in [1.165, 1.54) is 49.2 Å². The topological polar surface area (TPSA) is 36.1 Å². The lowest BCUT2D eigenvalue weighted by Gasteiger charge is -2.08. The first kappa shape index (κ1) is 31.4. The Morgan fingerprint density at radius 3 is 1.43 bits per heavy atom. The normalized spacial score (nSPS) is 12.1. The summed E-state index contributed by atoms with van der Waals surface area (Å²) in [5.41, 5.74) is 15.0. The minimum Gasteiger partial charge on any atom is -0.456 e. The maximum absolute atomic E-state index is 6.75. The zero-order chi connectivity index (χ0) is 37.9. The molecule has 0 spiro atoms. The van der Waals surface area contributed by atoms with Crippen molar-refractivity contribution in [2.45, 2.75) is 0 Å². The third-order valence-corrected chi connectivity index (χ3v) is 12.1. The molecule has 0 atom stereocenters. The van der Waals surface area contributed by atoms with Crippen molar-refractivity contribution < 1.29 is 8.83 Å². The molecule has 0 N–H and O–H groups in total. The third-order valence-electron chi connectivity index (χ3n) is 12.1. The Hall–Kier alpha value is -7.82. The number of furan rings is 2. The summed E-state index contributed by atoms with van der Waals surface area (Å²) < 4.78 is 18.0. The second kappa shape index (κ2) is 11.8. The smallest absolute Gasteiger partial charge is 0.143 e. The molecular formula is C54H32N2O2. The van der Waals surface area contributed by atoms with Gasteiger partial charge in [0.15, 0.2) is 0 Å². The number of aromatic nitrogens is 2. The van der Waals surface area contributed by atoms with E-state index >= 15 is 0 Å². The van der Waals surface area contributed by atoms with Gasteiger partial charge in [0, 0.05) is 66.1 Å². The van der Waals surface area contributed by atoms with Gasteiger partial charge in [-0.2, -0.15) is 0 Å². The van der Waals surface area contributed by atoms with Gasteiger partial charge >= 0.3 is 0 Å². The molecular weight excluding hydrogens is 709 g/mol. The molecule has 0 bridgehead atoms. The van der Waals surface area contributed by atoms with E-state index in [2.05, 4.69) is 203 Å². The average molecular weight is 741 g/mol. The fourth-order valence-corrected chi connectivity index (χ4v) is 9.48. The highest BCUT2D eigenvalue weighted by molar-refractivity contribution is 6.18. The van der Waals surface area contributed by atoms with Crippen LogP contribution in [0.2, 0.25) is 0 Å². The minimum atomic E-state index is 0.816. The Morgan fingerprint density at radius 2 is 0.759 bits per heavy atom. The molecule has 0 amide bonds. The van der Waals surface area contributed by atoms with Gasteiger partial charge in [-0.1, -0.05) is 109 Å². The number of nitrogens with zero attached hydrogens (tertiary/aromatic N) is 2. The third kappa shape index (κ3) is 4.45. The van der Waals surface area contributed by atoms with Crippen molar-refractivity contribution in [1.29, 1.82) is 0 Å². The quantitative estimate of drug-likeness (QED) is 0.180. The van der Waals surface area contributed by atoms with Gasteiger partial charge in [-0.15, -0.1) is 0 Å². The van der Waals surface area contributed by atoms with E-state index in [9.17, 15) is 0 Å². The highest BCUT2D eigenvalue weighted by atomic mass is 16.3. The van der Waals surface area contributed by atoms with Gasteiger partial charge in [-0.25, -0.2) is 0 Å². The summed E-state index contributed by atoms with van der Waals surface area (Å²) in [4.78, 5) is 0. The zero-order valence-corrected chi connectivity index (χ0v) is 31.2. The highest BCUT2D eigenvalue weighted by Crippen LogP contribution is 2.43. The Labute approximate surface area is 332 Å². The van der Waals surface area contributed by atoms with E-state index in [4.69, 9.17) is 8.83 Å². The van der Waals surface area contributed by atoms with Crippen LogP contribution >= 0.6 is 0 Å². The van der Waals surface area contributed by atoms with Crippen molar-refractivity contribution in [3.8, 4) is 33.6 Å². The number of fused-ring (bicyclic) bond motifs is 12. The van der Waals surface area contributed by atoms with E-state index in [-0.39, 0.29) is 0 Å². The highest BCUT2D eigenvalue weighted by Gasteiger charge is 2.19. The molecule has 270 valence electrons. The van der Waals surface area contributed by atoms with Crippen LogP contribution < -0.4 is 0 Å². The number of hydrogen-bond donors (Lipinski definition) is 0. The van der Waals surface area contributed by atoms with Crippen LogP contribution in [0.15, 0.2) is 203 Å². The zero-order valence-electron chi connectivity index (χ0n) is 31.2. The molecule has 58 heavy (non-hydrogen) atoms. The van der Waals surface area contributed by atoms with Gasteiger partial charge in [0.2, 0.25) is 0 Å². The van der Waals surface area contributed by atoms with E-state index in [1.807, 2.05) is 0 Å². The first-order chi connectivity index (χ1) is 28.7. The predicted molar refractivity (Wildman–Crippen MR) is 241 cm³/mol. The maximum Gasteiger partial charge on any atom is 0.143 e. The van der Waals surface area contributed by atoms with Gasteiger partial charge in [0.25, 0.3) is 0 Å². The molecule has 13 rings (SSSR count). The standard InChI is InChI=1S/C54H32N2O2/c1-3-12-36(13-4-1)55-47-20-9-7-16-39(47)42-28-33(22-25-49(42)55)34-24-27-51-44(29-34)46-31-45-41-19-11-18-38(54(41)58-53(45)32-52(46)57-51)35-23-26-50-43(30-35)40-17-8-10-21-48(40)56(50)37-14-5-2-6-15-37/h1-32H. The van der Waals surface area contributed by atoms with Crippen molar-refractivity contribution in [3.05, 3.63) is 194 Å². The molecule has 13 aromatic rings. The van der Waals surface area contributed by atoms with Crippen LogP contribution in [0.25, 0.3) is 121 Å². The Morgan fingerprint density at radius 1 is 0.276 bits per heavy atom. The van der Waals surface area contributed by atoms with Crippen molar-refractivity contribution in [2.75, 3.05) is 0 Å². The van der Waals surface area contributed by atoms with Crippen LogP contribution in [0, 0.1) is 0 Å². The number of rotatable bonds is 4. The molecule has 0 aliphatic heterocycles. The van der Waals surface area contributed by atoms with Gasteiger partial charge in [0.05, 0.1) is 22.1 Å². The largest absolute Gasteiger partial charge is 0.456 e. The maximum atomic E-state index is 6.75. The monoisotopic (exact) mass is 740 g/mol. The second-order valence-corrected chi connectivity index (χ2v) is 15.3. The van der Waals surface area contributed by atoms with Crippen LogP contribution in [0.3, 0.4) is 0 Å². The van der Waals surface area contributed by atoms with E-state index in [0.717, 1.165) is 71.9 Å². The van der Waals surface area contributed by atoms with Crippen molar-refractivity contribution in [1.82, 2.24) is 9.13 Å². The lowest BCUT2D eigenvalue weighted by atomic mass is 9.99. The van der Waals surface area contributed by atoms with Crippen molar-refractivity contribution in [2.24, 2.45) is 0 Å². The van der Waals surface area contributed by atoms with Crippen LogP contribution in [0.1, 0.15) is 0 Å². The molecule has 0 saturated carbocycles. The van der Waals surface area contributed by atoms with Crippen LogP contribution in [0.5, 0.6) is 0 Å². The molecule has 0 radical (unpaired) electrons. The fourth-order valence-electron chi connectivity index (χ4n) is 9.48. The summed E-state index contributed by atoms with van der Waals surface area (Å²) in [7, 11) is 0. The van der Waals surface area contributed by atoms with E-state index < -0.39 is 0 Å². The first-order valence-corrected chi connectivity index (χ1v) is 19.7. The van der Waals surface area contributed by atoms with Gasteiger partial charge in [0.1, 0.15) is 22.3 Å². The lowest BCUT2D eigenvalue weighted by Crippen LogP contribution is -1.92.